The van der Waals surface area contributed by atoms with Gasteiger partial charge in [0.2, 0.25) is 0 Å². The van der Waals surface area contributed by atoms with Crippen LogP contribution in [-0.4, -0.2) is 16.8 Å². The lowest BCUT2D eigenvalue weighted by Gasteiger charge is -2.21. The SMILES string of the molecule is OCC(O)c1ccc2c(c1)CCc1ccccc1-2. The molecule has 0 amide bonds. The molecule has 0 bridgehead atoms. The molecule has 2 aromatic rings. The second kappa shape index (κ2) is 4.56. The van der Waals surface area contributed by atoms with Gasteiger partial charge in [0, 0.05) is 0 Å². The van der Waals surface area contributed by atoms with Crippen molar-refractivity contribution in [1.29, 1.82) is 0 Å². The molecule has 0 aromatic heterocycles. The maximum atomic E-state index is 9.68. The number of benzene rings is 2. The van der Waals surface area contributed by atoms with E-state index in [1.54, 1.807) is 0 Å². The third-order valence-corrected chi connectivity index (χ3v) is 3.66. The number of rotatable bonds is 2. The summed E-state index contributed by atoms with van der Waals surface area (Å²) in [5.74, 6) is 0. The highest BCUT2D eigenvalue weighted by Crippen LogP contribution is 2.34. The van der Waals surface area contributed by atoms with Crippen molar-refractivity contribution in [3.63, 3.8) is 0 Å². The second-order valence-electron chi connectivity index (χ2n) is 4.77. The van der Waals surface area contributed by atoms with Gasteiger partial charge in [0.25, 0.3) is 0 Å². The summed E-state index contributed by atoms with van der Waals surface area (Å²) in [6.07, 6.45) is 1.27. The molecule has 1 atom stereocenters. The van der Waals surface area contributed by atoms with E-state index in [9.17, 15) is 5.11 Å². The number of hydrogen-bond donors (Lipinski definition) is 2. The van der Waals surface area contributed by atoms with Crippen LogP contribution in [0.25, 0.3) is 11.1 Å². The van der Waals surface area contributed by atoms with Gasteiger partial charge in [-0.1, -0.05) is 42.5 Å². The predicted octanol–water partition coefficient (Wildman–Crippen LogP) is 2.48. The van der Waals surface area contributed by atoms with Gasteiger partial charge in [0.1, 0.15) is 6.10 Å². The zero-order valence-electron chi connectivity index (χ0n) is 10.1. The Morgan fingerprint density at radius 1 is 0.944 bits per heavy atom. The smallest absolute Gasteiger partial charge is 0.102 e. The Morgan fingerprint density at radius 3 is 2.50 bits per heavy atom. The molecule has 2 N–H and O–H groups in total. The molecule has 0 radical (unpaired) electrons. The van der Waals surface area contributed by atoms with Crippen LogP contribution in [0, 0.1) is 0 Å². The van der Waals surface area contributed by atoms with Gasteiger partial charge in [-0.25, -0.2) is 0 Å². The summed E-state index contributed by atoms with van der Waals surface area (Å²) in [6.45, 7) is -0.227. The van der Waals surface area contributed by atoms with Crippen molar-refractivity contribution in [1.82, 2.24) is 0 Å². The predicted molar refractivity (Wildman–Crippen MR) is 71.3 cm³/mol. The molecule has 0 fully saturated rings. The molecule has 18 heavy (non-hydrogen) atoms. The molecular weight excluding hydrogens is 224 g/mol. The molecule has 2 heteroatoms. The first-order valence-corrected chi connectivity index (χ1v) is 6.29. The van der Waals surface area contributed by atoms with Gasteiger partial charge in [0.05, 0.1) is 6.61 Å². The molecule has 0 heterocycles. The Hall–Kier alpha value is -1.64. The lowest BCUT2D eigenvalue weighted by Crippen LogP contribution is -2.07. The Bertz CT molecular complexity index is 575. The van der Waals surface area contributed by atoms with E-state index >= 15 is 0 Å². The van der Waals surface area contributed by atoms with Crippen LogP contribution >= 0.6 is 0 Å². The third kappa shape index (κ3) is 1.84. The summed E-state index contributed by atoms with van der Waals surface area (Å²) >= 11 is 0. The highest BCUT2D eigenvalue weighted by atomic mass is 16.3. The highest BCUT2D eigenvalue weighted by molar-refractivity contribution is 5.73. The number of aliphatic hydroxyl groups is 2. The van der Waals surface area contributed by atoms with Crippen molar-refractivity contribution in [3.8, 4) is 11.1 Å². The van der Waals surface area contributed by atoms with Gasteiger partial charge in [-0.05, 0) is 40.7 Å². The van der Waals surface area contributed by atoms with Crippen molar-refractivity contribution >= 4 is 0 Å². The highest BCUT2D eigenvalue weighted by Gasteiger charge is 2.17. The van der Waals surface area contributed by atoms with Crippen molar-refractivity contribution in [2.75, 3.05) is 6.61 Å². The first-order valence-electron chi connectivity index (χ1n) is 6.29. The van der Waals surface area contributed by atoms with Gasteiger partial charge in [-0.3, -0.25) is 0 Å². The van der Waals surface area contributed by atoms with Gasteiger partial charge in [-0.2, -0.15) is 0 Å². The van der Waals surface area contributed by atoms with E-state index in [1.165, 1.54) is 22.3 Å². The Kier molecular flexibility index (Phi) is 2.90. The summed E-state index contributed by atoms with van der Waals surface area (Å²) in [7, 11) is 0. The molecule has 0 saturated heterocycles. The van der Waals surface area contributed by atoms with Crippen LogP contribution in [0.1, 0.15) is 22.8 Å². The van der Waals surface area contributed by atoms with Gasteiger partial charge in [-0.15, -0.1) is 0 Å². The molecule has 1 aliphatic carbocycles. The lowest BCUT2D eigenvalue weighted by molar-refractivity contribution is 0.0956. The topological polar surface area (TPSA) is 40.5 Å². The van der Waals surface area contributed by atoms with Crippen LogP contribution in [0.3, 0.4) is 0 Å². The van der Waals surface area contributed by atoms with E-state index in [0.717, 1.165) is 18.4 Å². The van der Waals surface area contributed by atoms with Crippen molar-refractivity contribution in [2.24, 2.45) is 0 Å². The molecule has 92 valence electrons. The molecule has 2 aromatic carbocycles. The van der Waals surface area contributed by atoms with E-state index in [2.05, 4.69) is 30.3 Å². The Morgan fingerprint density at radius 2 is 1.67 bits per heavy atom. The van der Waals surface area contributed by atoms with E-state index < -0.39 is 6.10 Å². The largest absolute Gasteiger partial charge is 0.393 e. The van der Waals surface area contributed by atoms with E-state index in [0.29, 0.717) is 0 Å². The fourth-order valence-corrected chi connectivity index (χ4v) is 2.67. The van der Waals surface area contributed by atoms with Crippen molar-refractivity contribution < 1.29 is 10.2 Å². The minimum absolute atomic E-state index is 0.227. The number of aliphatic hydroxyl groups excluding tert-OH is 2. The van der Waals surface area contributed by atoms with Gasteiger partial charge >= 0.3 is 0 Å². The second-order valence-corrected chi connectivity index (χ2v) is 4.77. The minimum atomic E-state index is -0.771. The first-order chi connectivity index (χ1) is 8.79. The first kappa shape index (κ1) is 11.5. The van der Waals surface area contributed by atoms with Gasteiger partial charge < -0.3 is 10.2 Å². The number of hydrogen-bond acceptors (Lipinski definition) is 2. The van der Waals surface area contributed by atoms with Crippen molar-refractivity contribution in [3.05, 3.63) is 59.2 Å². The normalized spacial score (nSPS) is 14.8. The standard InChI is InChI=1S/C16H16O2/c17-10-16(18)13-7-8-15-12(9-13)6-5-11-3-1-2-4-14(11)15/h1-4,7-9,16-18H,5-6,10H2. The maximum Gasteiger partial charge on any atom is 0.102 e. The monoisotopic (exact) mass is 240 g/mol. The van der Waals surface area contributed by atoms with Crippen LogP contribution in [0.4, 0.5) is 0 Å². The van der Waals surface area contributed by atoms with Crippen LogP contribution in [-0.2, 0) is 12.8 Å². The summed E-state index contributed by atoms with van der Waals surface area (Å²) in [4.78, 5) is 0. The summed E-state index contributed by atoms with van der Waals surface area (Å²) < 4.78 is 0. The number of aryl methyl sites for hydroxylation is 2. The van der Waals surface area contributed by atoms with Gasteiger partial charge in [0.15, 0.2) is 0 Å². The molecular formula is C16H16O2. The summed E-state index contributed by atoms with van der Waals surface area (Å²) in [5.41, 5.74) is 6.00. The van der Waals surface area contributed by atoms with Crippen molar-refractivity contribution in [2.45, 2.75) is 18.9 Å². The Labute approximate surface area is 107 Å². The summed E-state index contributed by atoms with van der Waals surface area (Å²) in [6, 6.07) is 14.4. The van der Waals surface area contributed by atoms with Crippen LogP contribution in [0.15, 0.2) is 42.5 Å². The van der Waals surface area contributed by atoms with E-state index in [1.807, 2.05) is 12.1 Å². The zero-order valence-corrected chi connectivity index (χ0v) is 10.1. The fraction of sp³-hybridized carbons (Fsp3) is 0.250. The number of fused-ring (bicyclic) bond motifs is 3. The molecule has 1 unspecified atom stereocenters. The molecule has 0 saturated carbocycles. The molecule has 1 aliphatic rings. The quantitative estimate of drug-likeness (QED) is 0.846. The lowest BCUT2D eigenvalue weighted by atomic mass is 9.84. The maximum absolute atomic E-state index is 9.68. The van der Waals surface area contributed by atoms with E-state index in [-0.39, 0.29) is 6.61 Å². The molecule has 3 rings (SSSR count). The molecule has 2 nitrogen and oxygen atoms in total. The summed E-state index contributed by atoms with van der Waals surface area (Å²) in [5, 5.41) is 18.7. The Balaban J connectivity index is 2.08. The zero-order chi connectivity index (χ0) is 12.5. The van der Waals surface area contributed by atoms with E-state index in [4.69, 9.17) is 5.11 Å². The average Bonchev–Trinajstić information content (AvgIpc) is 2.45. The molecule has 0 aliphatic heterocycles. The average molecular weight is 240 g/mol. The van der Waals surface area contributed by atoms with Crippen LogP contribution in [0.5, 0.6) is 0 Å². The fourth-order valence-electron chi connectivity index (χ4n) is 2.67. The van der Waals surface area contributed by atoms with Crippen LogP contribution < -0.4 is 0 Å². The third-order valence-electron chi connectivity index (χ3n) is 3.66. The minimum Gasteiger partial charge on any atom is -0.393 e. The van der Waals surface area contributed by atoms with Crippen LogP contribution in [0.2, 0.25) is 0 Å². The molecule has 0 spiro atoms.